The van der Waals surface area contributed by atoms with Gasteiger partial charge in [0, 0.05) is 10.9 Å². The zero-order valence-electron chi connectivity index (χ0n) is 10.1. The van der Waals surface area contributed by atoms with Crippen molar-refractivity contribution >= 4 is 17.3 Å². The molecule has 0 aliphatic rings. The summed E-state index contributed by atoms with van der Waals surface area (Å²) in [5, 5.41) is 11.3. The molecule has 0 saturated heterocycles. The smallest absolute Gasteiger partial charge is 0.309 e. The first-order valence-electron chi connectivity index (χ1n) is 5.40. The molecule has 18 heavy (non-hydrogen) atoms. The minimum absolute atomic E-state index is 0.0422. The lowest BCUT2D eigenvalue weighted by molar-refractivity contribution is -0.136. The number of methoxy groups -OCH3 is 1. The number of rotatable bonds is 4. The van der Waals surface area contributed by atoms with Gasteiger partial charge < -0.3 is 9.84 Å². The van der Waals surface area contributed by atoms with Crippen molar-refractivity contribution in [1.29, 1.82) is 0 Å². The molecule has 0 unspecified atom stereocenters. The van der Waals surface area contributed by atoms with Gasteiger partial charge >= 0.3 is 5.97 Å². The summed E-state index contributed by atoms with van der Waals surface area (Å²) in [5.41, 5.74) is 2.62. The van der Waals surface area contributed by atoms with E-state index in [4.69, 9.17) is 9.84 Å². The number of carbonyl (C=O) groups is 1. The van der Waals surface area contributed by atoms with Gasteiger partial charge in [0.2, 0.25) is 0 Å². The van der Waals surface area contributed by atoms with Crippen molar-refractivity contribution < 1.29 is 14.6 Å². The van der Waals surface area contributed by atoms with Crippen LogP contribution in [0.15, 0.2) is 23.6 Å². The highest BCUT2D eigenvalue weighted by molar-refractivity contribution is 7.13. The van der Waals surface area contributed by atoms with E-state index in [0.717, 1.165) is 21.9 Å². The van der Waals surface area contributed by atoms with Gasteiger partial charge in [-0.1, -0.05) is 0 Å². The Labute approximate surface area is 109 Å². The Kier molecular flexibility index (Phi) is 3.62. The Bertz CT molecular complexity index is 577. The van der Waals surface area contributed by atoms with Crippen LogP contribution in [0.2, 0.25) is 0 Å². The van der Waals surface area contributed by atoms with Gasteiger partial charge in [-0.05, 0) is 30.7 Å². The summed E-state index contributed by atoms with van der Waals surface area (Å²) in [6.07, 6.45) is -0.0422. The van der Waals surface area contributed by atoms with Gasteiger partial charge in [-0.25, -0.2) is 4.98 Å². The molecular weight excluding hydrogens is 250 g/mol. The van der Waals surface area contributed by atoms with Gasteiger partial charge in [0.05, 0.1) is 19.2 Å². The predicted octanol–water partition coefficient (Wildman–Crippen LogP) is 2.75. The third-order valence-electron chi connectivity index (χ3n) is 2.42. The van der Waals surface area contributed by atoms with Crippen molar-refractivity contribution in [3.63, 3.8) is 0 Å². The highest BCUT2D eigenvalue weighted by Gasteiger charge is 2.09. The summed E-state index contributed by atoms with van der Waals surface area (Å²) < 4.78 is 5.21. The Morgan fingerprint density at radius 1 is 1.44 bits per heavy atom. The van der Waals surface area contributed by atoms with E-state index < -0.39 is 5.97 Å². The van der Waals surface area contributed by atoms with Crippen molar-refractivity contribution in [1.82, 2.24) is 4.98 Å². The topological polar surface area (TPSA) is 59.4 Å². The van der Waals surface area contributed by atoms with Gasteiger partial charge in [-0.15, -0.1) is 11.3 Å². The fourth-order valence-corrected chi connectivity index (χ4v) is 2.47. The largest absolute Gasteiger partial charge is 0.497 e. The second-order valence-electron chi connectivity index (χ2n) is 3.95. The Morgan fingerprint density at radius 3 is 2.89 bits per heavy atom. The highest BCUT2D eigenvalue weighted by atomic mass is 32.1. The fraction of sp³-hybridized carbons (Fsp3) is 0.231. The zero-order chi connectivity index (χ0) is 13.1. The summed E-state index contributed by atoms with van der Waals surface area (Å²) >= 11 is 1.44. The molecular formula is C13H13NO3S. The third kappa shape index (κ3) is 2.87. The zero-order valence-corrected chi connectivity index (χ0v) is 11.0. The van der Waals surface area contributed by atoms with Crippen LogP contribution in [0.3, 0.4) is 0 Å². The first kappa shape index (κ1) is 12.6. The van der Waals surface area contributed by atoms with Crippen LogP contribution in [0, 0.1) is 6.92 Å². The summed E-state index contributed by atoms with van der Waals surface area (Å²) in [4.78, 5) is 14.9. The Morgan fingerprint density at radius 2 is 2.22 bits per heavy atom. The first-order chi connectivity index (χ1) is 8.58. The van der Waals surface area contributed by atoms with Gasteiger partial charge in [-0.2, -0.15) is 0 Å². The predicted molar refractivity (Wildman–Crippen MR) is 70.2 cm³/mol. The van der Waals surface area contributed by atoms with E-state index >= 15 is 0 Å². The average molecular weight is 263 g/mol. The lowest BCUT2D eigenvalue weighted by Gasteiger charge is -2.04. The standard InChI is InChI=1S/C13H13NO3S/c1-8-3-9(5-11(4-8)17-2)13-14-10(7-18-13)6-12(15)16/h3-5,7H,6H2,1-2H3,(H,15,16). The molecule has 4 nitrogen and oxygen atoms in total. The molecule has 1 heterocycles. The van der Waals surface area contributed by atoms with Gasteiger partial charge in [0.15, 0.2) is 0 Å². The maximum Gasteiger partial charge on any atom is 0.309 e. The number of carboxylic acids is 1. The van der Waals surface area contributed by atoms with Crippen molar-refractivity contribution in [2.45, 2.75) is 13.3 Å². The maximum atomic E-state index is 10.6. The normalized spacial score (nSPS) is 10.3. The van der Waals surface area contributed by atoms with E-state index in [0.29, 0.717) is 5.69 Å². The molecule has 0 spiro atoms. The van der Waals surface area contributed by atoms with Gasteiger partial charge in [0.25, 0.3) is 0 Å². The lowest BCUT2D eigenvalue weighted by Crippen LogP contribution is -1.99. The number of aryl methyl sites for hydroxylation is 1. The molecule has 2 rings (SSSR count). The fourth-order valence-electron chi connectivity index (χ4n) is 1.66. The monoisotopic (exact) mass is 263 g/mol. The van der Waals surface area contributed by atoms with E-state index in [2.05, 4.69) is 4.98 Å². The number of thiazole rings is 1. The number of ether oxygens (including phenoxy) is 1. The molecule has 94 valence electrons. The highest BCUT2D eigenvalue weighted by Crippen LogP contribution is 2.28. The molecule has 5 heteroatoms. The van der Waals surface area contributed by atoms with Crippen molar-refractivity contribution in [3.8, 4) is 16.3 Å². The third-order valence-corrected chi connectivity index (χ3v) is 3.36. The van der Waals surface area contributed by atoms with Crippen molar-refractivity contribution in [2.24, 2.45) is 0 Å². The van der Waals surface area contributed by atoms with E-state index in [9.17, 15) is 4.79 Å². The molecule has 0 aliphatic carbocycles. The van der Waals surface area contributed by atoms with Crippen LogP contribution in [0.25, 0.3) is 10.6 Å². The van der Waals surface area contributed by atoms with Crippen molar-refractivity contribution in [2.75, 3.05) is 7.11 Å². The number of carboxylic acid groups (broad SMARTS) is 1. The Hall–Kier alpha value is -1.88. The van der Waals surface area contributed by atoms with Crippen LogP contribution in [0.5, 0.6) is 5.75 Å². The van der Waals surface area contributed by atoms with Crippen LogP contribution in [0.4, 0.5) is 0 Å². The second-order valence-corrected chi connectivity index (χ2v) is 4.81. The van der Waals surface area contributed by atoms with Gasteiger partial charge in [0.1, 0.15) is 10.8 Å². The molecule has 0 amide bonds. The number of aromatic nitrogens is 1. The van der Waals surface area contributed by atoms with Crippen LogP contribution >= 0.6 is 11.3 Å². The molecule has 1 N–H and O–H groups in total. The van der Waals surface area contributed by atoms with Crippen LogP contribution in [-0.2, 0) is 11.2 Å². The molecule has 2 aromatic rings. The lowest BCUT2D eigenvalue weighted by atomic mass is 10.1. The molecule has 1 aromatic carbocycles. The minimum atomic E-state index is -0.867. The number of hydrogen-bond acceptors (Lipinski definition) is 4. The molecule has 0 aliphatic heterocycles. The summed E-state index contributed by atoms with van der Waals surface area (Å²) in [5.74, 6) is -0.0892. The average Bonchev–Trinajstić information content (AvgIpc) is 2.75. The van der Waals surface area contributed by atoms with Crippen molar-refractivity contribution in [3.05, 3.63) is 34.8 Å². The maximum absolute atomic E-state index is 10.6. The summed E-state index contributed by atoms with van der Waals surface area (Å²) in [6.45, 7) is 1.98. The van der Waals surface area contributed by atoms with Crippen LogP contribution in [0.1, 0.15) is 11.3 Å². The van der Waals surface area contributed by atoms with E-state index in [1.165, 1.54) is 11.3 Å². The van der Waals surface area contributed by atoms with E-state index in [1.54, 1.807) is 12.5 Å². The molecule has 1 aromatic heterocycles. The Balaban J connectivity index is 2.33. The SMILES string of the molecule is COc1cc(C)cc(-c2nc(CC(=O)O)cs2)c1. The first-order valence-corrected chi connectivity index (χ1v) is 6.28. The molecule has 0 radical (unpaired) electrons. The van der Waals surface area contributed by atoms with E-state index in [-0.39, 0.29) is 6.42 Å². The van der Waals surface area contributed by atoms with Gasteiger partial charge in [-0.3, -0.25) is 4.79 Å². The quantitative estimate of drug-likeness (QED) is 0.921. The van der Waals surface area contributed by atoms with Crippen LogP contribution < -0.4 is 4.74 Å². The molecule has 0 saturated carbocycles. The van der Waals surface area contributed by atoms with Crippen LogP contribution in [-0.4, -0.2) is 23.2 Å². The van der Waals surface area contributed by atoms with E-state index in [1.807, 2.05) is 25.1 Å². The minimum Gasteiger partial charge on any atom is -0.497 e. The summed E-state index contributed by atoms with van der Waals surface area (Å²) in [7, 11) is 1.62. The number of aliphatic carboxylic acids is 1. The number of benzene rings is 1. The molecule has 0 fully saturated rings. The molecule has 0 bridgehead atoms. The molecule has 0 atom stereocenters. The number of hydrogen-bond donors (Lipinski definition) is 1. The number of nitrogens with zero attached hydrogens (tertiary/aromatic N) is 1. The second kappa shape index (κ2) is 5.18. The summed E-state index contributed by atoms with van der Waals surface area (Å²) in [6, 6.07) is 5.84.